The van der Waals surface area contributed by atoms with Gasteiger partial charge in [0.05, 0.1) is 12.8 Å². The highest BCUT2D eigenvalue weighted by Gasteiger charge is 2.18. The molecular weight excluding hydrogens is 300 g/mol. The molecule has 0 aliphatic heterocycles. The average Bonchev–Trinajstić information content (AvgIpc) is 3.05. The van der Waals surface area contributed by atoms with Crippen LogP contribution in [0.3, 0.4) is 0 Å². The molecule has 0 atom stereocenters. The number of amides is 1. The van der Waals surface area contributed by atoms with Gasteiger partial charge in [-0.25, -0.2) is 17.7 Å². The molecule has 0 aliphatic carbocycles. The van der Waals surface area contributed by atoms with Gasteiger partial charge in [0, 0.05) is 24.3 Å². The van der Waals surface area contributed by atoms with Gasteiger partial charge in [0.1, 0.15) is 5.69 Å². The van der Waals surface area contributed by atoms with Crippen molar-refractivity contribution < 1.29 is 13.2 Å². The Balaban J connectivity index is 2.03. The minimum Gasteiger partial charge on any atom is -0.364 e. The molecule has 0 radical (unpaired) electrons. The number of thiazole rings is 1. The second-order valence-corrected chi connectivity index (χ2v) is 6.97. The quantitative estimate of drug-likeness (QED) is 0.853. The van der Waals surface area contributed by atoms with Crippen LogP contribution in [0.15, 0.2) is 23.7 Å². The molecule has 0 aliphatic rings. The first-order valence-electron chi connectivity index (χ1n) is 5.68. The highest BCUT2D eigenvalue weighted by molar-refractivity contribution is 7.92. The van der Waals surface area contributed by atoms with E-state index in [2.05, 4.69) is 15.3 Å². The molecule has 20 heavy (non-hydrogen) atoms. The van der Waals surface area contributed by atoms with Crippen LogP contribution in [0, 0.1) is 0 Å². The average molecular weight is 314 g/mol. The van der Waals surface area contributed by atoms with Gasteiger partial charge in [-0.05, 0) is 12.1 Å². The normalized spacial score (nSPS) is 11.3. The van der Waals surface area contributed by atoms with E-state index in [-0.39, 0.29) is 16.7 Å². The number of anilines is 1. The number of aromatic nitrogens is 2. The molecule has 2 aromatic heterocycles. The number of nitrogens with zero attached hydrogens (tertiary/aromatic N) is 2. The maximum absolute atomic E-state index is 11.9. The third-order valence-corrected chi connectivity index (χ3v) is 4.79. The third-order valence-electron chi connectivity index (χ3n) is 2.59. The summed E-state index contributed by atoms with van der Waals surface area (Å²) >= 11 is 1.10. The minimum atomic E-state index is -3.37. The SMILES string of the molecule is CN(c1nc(C(=O)NCc2ccc[nH]2)cs1)S(C)(=O)=O. The lowest BCUT2D eigenvalue weighted by Crippen LogP contribution is -2.26. The third kappa shape index (κ3) is 3.36. The molecule has 0 spiro atoms. The Hall–Kier alpha value is -1.87. The number of sulfonamides is 1. The zero-order chi connectivity index (χ0) is 14.8. The molecule has 2 heterocycles. The van der Waals surface area contributed by atoms with Crippen molar-refractivity contribution in [2.75, 3.05) is 17.6 Å². The van der Waals surface area contributed by atoms with Gasteiger partial charge in [-0.2, -0.15) is 0 Å². The van der Waals surface area contributed by atoms with Crippen molar-refractivity contribution in [2.45, 2.75) is 6.54 Å². The summed E-state index contributed by atoms with van der Waals surface area (Å²) in [7, 11) is -1.97. The Kier molecular flexibility index (Phi) is 4.09. The first-order valence-corrected chi connectivity index (χ1v) is 8.40. The molecule has 0 bridgehead atoms. The van der Waals surface area contributed by atoms with Gasteiger partial charge in [0.25, 0.3) is 5.91 Å². The summed E-state index contributed by atoms with van der Waals surface area (Å²) in [5, 5.41) is 4.49. The van der Waals surface area contributed by atoms with Crippen LogP contribution in [0.25, 0.3) is 0 Å². The van der Waals surface area contributed by atoms with Crippen LogP contribution >= 0.6 is 11.3 Å². The summed E-state index contributed by atoms with van der Waals surface area (Å²) in [5.74, 6) is -0.344. The fourth-order valence-electron chi connectivity index (χ4n) is 1.40. The Labute approximate surface area is 120 Å². The first kappa shape index (κ1) is 14.5. The Morgan fingerprint density at radius 2 is 2.30 bits per heavy atom. The fraction of sp³-hybridized carbons (Fsp3) is 0.273. The van der Waals surface area contributed by atoms with Crippen molar-refractivity contribution in [3.05, 3.63) is 35.1 Å². The van der Waals surface area contributed by atoms with Gasteiger partial charge in [-0.1, -0.05) is 0 Å². The number of hydrogen-bond donors (Lipinski definition) is 2. The number of rotatable bonds is 5. The van der Waals surface area contributed by atoms with Crippen LogP contribution in [0.4, 0.5) is 5.13 Å². The second kappa shape index (κ2) is 5.63. The van der Waals surface area contributed by atoms with Crippen LogP contribution in [0.5, 0.6) is 0 Å². The number of hydrogen-bond acceptors (Lipinski definition) is 5. The monoisotopic (exact) mass is 314 g/mol. The molecule has 0 aromatic carbocycles. The topological polar surface area (TPSA) is 95.2 Å². The van der Waals surface area contributed by atoms with E-state index in [9.17, 15) is 13.2 Å². The maximum Gasteiger partial charge on any atom is 0.271 e. The van der Waals surface area contributed by atoms with Gasteiger partial charge >= 0.3 is 0 Å². The van der Waals surface area contributed by atoms with E-state index < -0.39 is 10.0 Å². The van der Waals surface area contributed by atoms with E-state index in [1.807, 2.05) is 12.1 Å². The zero-order valence-electron chi connectivity index (χ0n) is 11.0. The van der Waals surface area contributed by atoms with Crippen molar-refractivity contribution in [1.82, 2.24) is 15.3 Å². The summed E-state index contributed by atoms with van der Waals surface area (Å²) in [6.45, 7) is 0.362. The molecule has 0 fully saturated rings. The highest BCUT2D eigenvalue weighted by atomic mass is 32.2. The summed E-state index contributed by atoms with van der Waals surface area (Å²) in [6, 6.07) is 3.69. The van der Waals surface area contributed by atoms with E-state index in [1.54, 1.807) is 6.20 Å². The molecule has 2 rings (SSSR count). The van der Waals surface area contributed by atoms with Crippen molar-refractivity contribution in [3.8, 4) is 0 Å². The van der Waals surface area contributed by atoms with Crippen LogP contribution < -0.4 is 9.62 Å². The molecule has 2 N–H and O–H groups in total. The highest BCUT2D eigenvalue weighted by Crippen LogP contribution is 2.21. The lowest BCUT2D eigenvalue weighted by molar-refractivity contribution is 0.0946. The maximum atomic E-state index is 11.9. The number of carbonyl (C=O) groups is 1. The van der Waals surface area contributed by atoms with Crippen LogP contribution in [0.1, 0.15) is 16.2 Å². The summed E-state index contributed by atoms with van der Waals surface area (Å²) in [5.41, 5.74) is 1.08. The van der Waals surface area contributed by atoms with Gasteiger partial charge in [0.15, 0.2) is 5.13 Å². The second-order valence-electron chi connectivity index (χ2n) is 4.12. The molecule has 0 saturated carbocycles. The molecule has 0 saturated heterocycles. The molecule has 0 unspecified atom stereocenters. The van der Waals surface area contributed by atoms with Gasteiger partial charge in [-0.3, -0.25) is 4.79 Å². The van der Waals surface area contributed by atoms with E-state index >= 15 is 0 Å². The number of carbonyl (C=O) groups excluding carboxylic acids is 1. The van der Waals surface area contributed by atoms with E-state index in [0.29, 0.717) is 6.54 Å². The predicted octanol–water partition coefficient (Wildman–Crippen LogP) is 0.797. The summed E-state index contributed by atoms with van der Waals surface area (Å²) in [4.78, 5) is 18.9. The van der Waals surface area contributed by atoms with Gasteiger partial charge in [-0.15, -0.1) is 11.3 Å². The molecule has 108 valence electrons. The van der Waals surface area contributed by atoms with Crippen molar-refractivity contribution in [2.24, 2.45) is 0 Å². The number of nitrogens with one attached hydrogen (secondary N) is 2. The van der Waals surface area contributed by atoms with Gasteiger partial charge in [0.2, 0.25) is 10.0 Å². The first-order chi connectivity index (χ1) is 9.38. The molecule has 2 aromatic rings. The predicted molar refractivity (Wildman–Crippen MR) is 77.3 cm³/mol. The fourth-order valence-corrected chi connectivity index (χ4v) is 2.93. The Morgan fingerprint density at radius 3 is 2.90 bits per heavy atom. The van der Waals surface area contributed by atoms with E-state index in [0.717, 1.165) is 27.6 Å². The zero-order valence-corrected chi connectivity index (χ0v) is 12.6. The lowest BCUT2D eigenvalue weighted by Gasteiger charge is -2.11. The van der Waals surface area contributed by atoms with Crippen molar-refractivity contribution in [1.29, 1.82) is 0 Å². The summed E-state index contributed by atoms with van der Waals surface area (Å²) in [6.07, 6.45) is 2.85. The smallest absolute Gasteiger partial charge is 0.271 e. The van der Waals surface area contributed by atoms with E-state index in [4.69, 9.17) is 0 Å². The van der Waals surface area contributed by atoms with Crippen LogP contribution in [-0.4, -0.2) is 37.6 Å². The van der Waals surface area contributed by atoms with Crippen molar-refractivity contribution in [3.63, 3.8) is 0 Å². The molecule has 7 nitrogen and oxygen atoms in total. The molecule has 1 amide bonds. The Morgan fingerprint density at radius 1 is 1.55 bits per heavy atom. The number of aromatic amines is 1. The van der Waals surface area contributed by atoms with E-state index in [1.165, 1.54) is 12.4 Å². The minimum absolute atomic E-state index is 0.201. The van der Waals surface area contributed by atoms with Crippen LogP contribution in [0.2, 0.25) is 0 Å². The Bertz CT molecular complexity index is 691. The standard InChI is InChI=1S/C11H14N4O3S2/c1-15(20(2,17)18)11-14-9(7-19-11)10(16)13-6-8-4-3-5-12-8/h3-5,7,12H,6H2,1-2H3,(H,13,16). The summed E-state index contributed by atoms with van der Waals surface area (Å²) < 4.78 is 23.8. The molecule has 9 heteroatoms. The lowest BCUT2D eigenvalue weighted by atomic mass is 10.4. The van der Waals surface area contributed by atoms with Gasteiger partial charge < -0.3 is 10.3 Å². The van der Waals surface area contributed by atoms with Crippen molar-refractivity contribution >= 4 is 32.4 Å². The molecular formula is C11H14N4O3S2. The largest absolute Gasteiger partial charge is 0.364 e. The number of H-pyrrole nitrogens is 1. The van der Waals surface area contributed by atoms with Crippen LogP contribution in [-0.2, 0) is 16.6 Å².